The molecule has 21 heavy (non-hydrogen) atoms. The van der Waals surface area contributed by atoms with Crippen LogP contribution >= 0.6 is 0 Å². The Morgan fingerprint density at radius 2 is 2.19 bits per heavy atom. The van der Waals surface area contributed by atoms with Crippen LogP contribution in [0.2, 0.25) is 0 Å². The Hall–Kier alpha value is -2.58. The zero-order valence-corrected chi connectivity index (χ0v) is 11.6. The zero-order chi connectivity index (χ0) is 14.9. The summed E-state index contributed by atoms with van der Waals surface area (Å²) in [6.45, 7) is 1.11. The molecule has 0 saturated carbocycles. The fourth-order valence-electron chi connectivity index (χ4n) is 1.90. The van der Waals surface area contributed by atoms with E-state index in [-0.39, 0.29) is 12.5 Å². The molecule has 0 spiro atoms. The number of nitrogens with one attached hydrogen (secondary N) is 1. The minimum Gasteiger partial charge on any atom is -0.384 e. The van der Waals surface area contributed by atoms with Gasteiger partial charge in [-0.2, -0.15) is 5.10 Å². The Balaban J connectivity index is 1.88. The van der Waals surface area contributed by atoms with Gasteiger partial charge in [0.05, 0.1) is 5.56 Å². The van der Waals surface area contributed by atoms with E-state index in [1.807, 2.05) is 23.0 Å². The van der Waals surface area contributed by atoms with Gasteiger partial charge in [-0.25, -0.2) is 0 Å². The van der Waals surface area contributed by atoms with Gasteiger partial charge in [-0.05, 0) is 24.6 Å². The van der Waals surface area contributed by atoms with Crippen molar-refractivity contribution in [3.05, 3.63) is 53.9 Å². The van der Waals surface area contributed by atoms with E-state index in [1.165, 1.54) is 0 Å². The number of carbonyl (C=O) groups excluding carboxylic acids is 1. The molecule has 0 fully saturated rings. The Morgan fingerprint density at radius 1 is 1.33 bits per heavy atom. The van der Waals surface area contributed by atoms with Crippen LogP contribution < -0.4 is 5.32 Å². The highest BCUT2D eigenvalue weighted by Gasteiger charge is 2.08. The highest BCUT2D eigenvalue weighted by molar-refractivity contribution is 5.96. The smallest absolute Gasteiger partial charge is 0.252 e. The maximum atomic E-state index is 12.1. The van der Waals surface area contributed by atoms with E-state index in [0.717, 1.165) is 13.0 Å². The van der Waals surface area contributed by atoms with Crippen LogP contribution in [-0.4, -0.2) is 33.9 Å². The predicted octanol–water partition coefficient (Wildman–Crippen LogP) is 1.05. The average molecular weight is 283 g/mol. The summed E-state index contributed by atoms with van der Waals surface area (Å²) in [6.07, 6.45) is 4.42. The van der Waals surface area contributed by atoms with Crippen molar-refractivity contribution in [3.63, 3.8) is 0 Å². The molecule has 1 aromatic carbocycles. The molecule has 0 saturated heterocycles. The number of aliphatic hydroxyl groups is 1. The van der Waals surface area contributed by atoms with Gasteiger partial charge >= 0.3 is 0 Å². The first kappa shape index (κ1) is 14.8. The summed E-state index contributed by atoms with van der Waals surface area (Å²) in [5, 5.41) is 15.7. The van der Waals surface area contributed by atoms with E-state index < -0.39 is 0 Å². The summed E-state index contributed by atoms with van der Waals surface area (Å²) in [6, 6.07) is 8.97. The SMILES string of the molecule is O=C(NCCCn1cccn1)c1ccccc1C#CCO. The van der Waals surface area contributed by atoms with E-state index in [9.17, 15) is 4.79 Å². The highest BCUT2D eigenvalue weighted by Crippen LogP contribution is 2.07. The lowest BCUT2D eigenvalue weighted by atomic mass is 10.1. The summed E-state index contributed by atoms with van der Waals surface area (Å²) >= 11 is 0. The average Bonchev–Trinajstić information content (AvgIpc) is 3.03. The minimum absolute atomic E-state index is 0.154. The highest BCUT2D eigenvalue weighted by atomic mass is 16.2. The monoisotopic (exact) mass is 283 g/mol. The molecule has 5 nitrogen and oxygen atoms in total. The van der Waals surface area contributed by atoms with Crippen molar-refractivity contribution in [1.29, 1.82) is 0 Å². The van der Waals surface area contributed by atoms with Gasteiger partial charge in [0.2, 0.25) is 0 Å². The third kappa shape index (κ3) is 4.48. The van der Waals surface area contributed by atoms with Crippen LogP contribution in [0.5, 0.6) is 0 Å². The van der Waals surface area contributed by atoms with Crippen LogP contribution in [0.1, 0.15) is 22.3 Å². The van der Waals surface area contributed by atoms with Crippen LogP contribution in [0, 0.1) is 11.8 Å². The van der Waals surface area contributed by atoms with Crippen molar-refractivity contribution >= 4 is 5.91 Å². The third-order valence-corrected chi connectivity index (χ3v) is 2.88. The van der Waals surface area contributed by atoms with Crippen molar-refractivity contribution in [1.82, 2.24) is 15.1 Å². The van der Waals surface area contributed by atoms with Crippen molar-refractivity contribution in [2.45, 2.75) is 13.0 Å². The molecule has 2 N–H and O–H groups in total. The first-order valence-corrected chi connectivity index (χ1v) is 6.75. The molecule has 108 valence electrons. The maximum absolute atomic E-state index is 12.1. The molecule has 1 heterocycles. The Morgan fingerprint density at radius 3 is 2.95 bits per heavy atom. The molecule has 2 aromatic rings. The lowest BCUT2D eigenvalue weighted by Gasteiger charge is -2.07. The van der Waals surface area contributed by atoms with Crippen molar-refractivity contribution in [2.24, 2.45) is 0 Å². The lowest BCUT2D eigenvalue weighted by molar-refractivity contribution is 0.0952. The number of carbonyl (C=O) groups is 1. The number of amides is 1. The van der Waals surface area contributed by atoms with Crippen LogP contribution in [0.25, 0.3) is 0 Å². The summed E-state index contributed by atoms with van der Waals surface area (Å²) in [5.74, 6) is 5.19. The quantitative estimate of drug-likeness (QED) is 0.636. The first-order chi connectivity index (χ1) is 10.3. The van der Waals surface area contributed by atoms with Gasteiger partial charge in [-0.3, -0.25) is 9.48 Å². The number of aliphatic hydroxyl groups excluding tert-OH is 1. The number of benzene rings is 1. The van der Waals surface area contributed by atoms with E-state index in [1.54, 1.807) is 24.4 Å². The van der Waals surface area contributed by atoms with Crippen LogP contribution in [0.4, 0.5) is 0 Å². The van der Waals surface area contributed by atoms with Gasteiger partial charge in [-0.1, -0.05) is 24.0 Å². The first-order valence-electron chi connectivity index (χ1n) is 6.75. The van der Waals surface area contributed by atoms with E-state index in [4.69, 9.17) is 5.11 Å². The van der Waals surface area contributed by atoms with E-state index in [2.05, 4.69) is 22.3 Å². The van der Waals surface area contributed by atoms with Crippen LogP contribution in [0.15, 0.2) is 42.7 Å². The Kier molecular flexibility index (Phi) is 5.56. The summed E-state index contributed by atoms with van der Waals surface area (Å²) in [4.78, 5) is 12.1. The second kappa shape index (κ2) is 7.88. The van der Waals surface area contributed by atoms with Gasteiger partial charge in [-0.15, -0.1) is 0 Å². The minimum atomic E-state index is -0.222. The largest absolute Gasteiger partial charge is 0.384 e. The van der Waals surface area contributed by atoms with E-state index >= 15 is 0 Å². The van der Waals surface area contributed by atoms with Crippen molar-refractivity contribution in [2.75, 3.05) is 13.2 Å². The topological polar surface area (TPSA) is 67.2 Å². The Labute approximate surface area is 123 Å². The van der Waals surface area contributed by atoms with Gasteiger partial charge in [0, 0.05) is 31.0 Å². The van der Waals surface area contributed by atoms with E-state index in [0.29, 0.717) is 17.7 Å². The third-order valence-electron chi connectivity index (χ3n) is 2.88. The summed E-state index contributed by atoms with van der Waals surface area (Å²) < 4.78 is 1.83. The van der Waals surface area contributed by atoms with Gasteiger partial charge in [0.15, 0.2) is 0 Å². The van der Waals surface area contributed by atoms with Gasteiger partial charge < -0.3 is 10.4 Å². The molecule has 0 aliphatic heterocycles. The molecule has 1 aromatic heterocycles. The van der Waals surface area contributed by atoms with Gasteiger partial charge in [0.25, 0.3) is 5.91 Å². The molecule has 5 heteroatoms. The second-order valence-corrected chi connectivity index (χ2v) is 4.38. The second-order valence-electron chi connectivity index (χ2n) is 4.38. The molecule has 0 aliphatic carbocycles. The summed E-state index contributed by atoms with van der Waals surface area (Å²) in [7, 11) is 0. The Bertz CT molecular complexity index is 639. The number of hydrogen-bond donors (Lipinski definition) is 2. The standard InChI is InChI=1S/C16H17N3O2/c20-13-3-7-14-6-1-2-8-15(14)16(21)17-9-4-11-19-12-5-10-18-19/h1-2,5-6,8,10,12,20H,4,9,11,13H2,(H,17,21). The number of hydrogen-bond acceptors (Lipinski definition) is 3. The number of nitrogens with zero attached hydrogens (tertiary/aromatic N) is 2. The van der Waals surface area contributed by atoms with Crippen molar-refractivity contribution < 1.29 is 9.90 Å². The zero-order valence-electron chi connectivity index (χ0n) is 11.6. The lowest BCUT2D eigenvalue weighted by Crippen LogP contribution is -2.26. The number of aryl methyl sites for hydroxylation is 1. The van der Waals surface area contributed by atoms with Crippen LogP contribution in [0.3, 0.4) is 0 Å². The molecule has 0 bridgehead atoms. The van der Waals surface area contributed by atoms with Crippen molar-refractivity contribution in [3.8, 4) is 11.8 Å². The normalized spacial score (nSPS) is 9.76. The maximum Gasteiger partial charge on any atom is 0.252 e. The number of rotatable bonds is 5. The molecule has 0 atom stereocenters. The summed E-state index contributed by atoms with van der Waals surface area (Å²) in [5.41, 5.74) is 1.15. The molecular formula is C16H17N3O2. The fourth-order valence-corrected chi connectivity index (χ4v) is 1.90. The number of aromatic nitrogens is 2. The fraction of sp³-hybridized carbons (Fsp3) is 0.250. The predicted molar refractivity (Wildman–Crippen MR) is 79.6 cm³/mol. The molecule has 2 rings (SSSR count). The molecule has 0 aliphatic rings. The molecular weight excluding hydrogens is 266 g/mol. The molecule has 0 radical (unpaired) electrons. The van der Waals surface area contributed by atoms with Gasteiger partial charge in [0.1, 0.15) is 6.61 Å². The van der Waals surface area contributed by atoms with Crippen LogP contribution in [-0.2, 0) is 6.54 Å². The molecule has 0 unspecified atom stereocenters. The molecule has 1 amide bonds.